The maximum atomic E-state index is 11.9. The highest BCUT2D eigenvalue weighted by molar-refractivity contribution is 7.12. The molecule has 0 spiro atoms. The molecular weight excluding hydrogens is 250 g/mol. The highest BCUT2D eigenvalue weighted by Gasteiger charge is 2.32. The molecule has 4 nitrogen and oxygen atoms in total. The number of hydrogen-bond donors (Lipinski definition) is 2. The van der Waals surface area contributed by atoms with E-state index in [-0.39, 0.29) is 17.7 Å². The molecule has 1 aliphatic rings. The largest absolute Gasteiger partial charge is 0.481 e. The Morgan fingerprint density at radius 2 is 2.28 bits per heavy atom. The normalized spacial score (nSPS) is 22.9. The zero-order valence-corrected chi connectivity index (χ0v) is 11.1. The molecule has 98 valence electrons. The lowest BCUT2D eigenvalue weighted by Gasteiger charge is -2.16. The molecule has 2 atom stereocenters. The third kappa shape index (κ3) is 2.72. The summed E-state index contributed by atoms with van der Waals surface area (Å²) in [6, 6.07) is 1.91. The maximum absolute atomic E-state index is 11.9. The minimum Gasteiger partial charge on any atom is -0.481 e. The van der Waals surface area contributed by atoms with Crippen LogP contribution in [0.5, 0.6) is 0 Å². The van der Waals surface area contributed by atoms with Crippen LogP contribution in [0.3, 0.4) is 0 Å². The van der Waals surface area contributed by atoms with E-state index in [1.165, 1.54) is 11.3 Å². The van der Waals surface area contributed by atoms with Gasteiger partial charge in [0.1, 0.15) is 0 Å². The molecule has 1 heterocycles. The van der Waals surface area contributed by atoms with Crippen molar-refractivity contribution in [2.45, 2.75) is 26.2 Å². The second-order valence-electron chi connectivity index (χ2n) is 4.78. The molecule has 1 saturated carbocycles. The molecule has 1 aliphatic carbocycles. The van der Waals surface area contributed by atoms with Gasteiger partial charge in [0.15, 0.2) is 0 Å². The summed E-state index contributed by atoms with van der Waals surface area (Å²) in [6.07, 6.45) is 2.56. The van der Waals surface area contributed by atoms with Gasteiger partial charge in [-0.05, 0) is 42.7 Å². The van der Waals surface area contributed by atoms with Crippen LogP contribution in [0, 0.1) is 18.8 Å². The topological polar surface area (TPSA) is 66.4 Å². The Labute approximate surface area is 110 Å². The Morgan fingerprint density at radius 3 is 2.89 bits per heavy atom. The quantitative estimate of drug-likeness (QED) is 0.879. The Kier molecular flexibility index (Phi) is 4.01. The second kappa shape index (κ2) is 5.52. The average Bonchev–Trinajstić information content (AvgIpc) is 2.94. The van der Waals surface area contributed by atoms with Gasteiger partial charge in [-0.25, -0.2) is 0 Å². The van der Waals surface area contributed by atoms with Crippen LogP contribution in [-0.4, -0.2) is 23.5 Å². The molecule has 0 aliphatic heterocycles. The van der Waals surface area contributed by atoms with Gasteiger partial charge in [-0.15, -0.1) is 11.3 Å². The van der Waals surface area contributed by atoms with Crippen molar-refractivity contribution >= 4 is 23.2 Å². The first-order valence-corrected chi connectivity index (χ1v) is 7.02. The fourth-order valence-corrected chi connectivity index (χ4v) is 3.36. The lowest BCUT2D eigenvalue weighted by atomic mass is 9.96. The summed E-state index contributed by atoms with van der Waals surface area (Å²) < 4.78 is 0. The monoisotopic (exact) mass is 267 g/mol. The Bertz CT molecular complexity index is 455. The lowest BCUT2D eigenvalue weighted by molar-refractivity contribution is -0.142. The first-order valence-electron chi connectivity index (χ1n) is 6.14. The number of carboxylic acid groups (broad SMARTS) is 1. The highest BCUT2D eigenvalue weighted by Crippen LogP contribution is 2.31. The van der Waals surface area contributed by atoms with Crippen molar-refractivity contribution in [2.24, 2.45) is 11.8 Å². The predicted molar refractivity (Wildman–Crippen MR) is 69.9 cm³/mol. The number of carbonyl (C=O) groups is 2. The summed E-state index contributed by atoms with van der Waals surface area (Å²) >= 11 is 1.42. The van der Waals surface area contributed by atoms with Gasteiger partial charge >= 0.3 is 5.97 Å². The predicted octanol–water partition coefficient (Wildman–Crippen LogP) is 2.29. The van der Waals surface area contributed by atoms with Crippen LogP contribution in [0.2, 0.25) is 0 Å². The van der Waals surface area contributed by atoms with Crippen molar-refractivity contribution in [1.29, 1.82) is 0 Å². The zero-order valence-electron chi connectivity index (χ0n) is 10.3. The minimum atomic E-state index is -0.737. The Morgan fingerprint density at radius 1 is 1.50 bits per heavy atom. The molecule has 1 fully saturated rings. The van der Waals surface area contributed by atoms with E-state index in [0.717, 1.165) is 29.7 Å². The molecule has 5 heteroatoms. The van der Waals surface area contributed by atoms with Crippen molar-refractivity contribution in [3.05, 3.63) is 21.9 Å². The van der Waals surface area contributed by atoms with Crippen LogP contribution in [0.25, 0.3) is 0 Å². The molecule has 1 aromatic heterocycles. The van der Waals surface area contributed by atoms with Gasteiger partial charge in [0, 0.05) is 6.54 Å². The van der Waals surface area contributed by atoms with Gasteiger partial charge in [0.05, 0.1) is 10.8 Å². The Hall–Kier alpha value is -1.36. The van der Waals surface area contributed by atoms with Crippen LogP contribution >= 0.6 is 11.3 Å². The Balaban J connectivity index is 1.90. The van der Waals surface area contributed by atoms with Crippen molar-refractivity contribution in [3.63, 3.8) is 0 Å². The smallest absolute Gasteiger partial charge is 0.306 e. The van der Waals surface area contributed by atoms with Crippen LogP contribution in [0.4, 0.5) is 0 Å². The van der Waals surface area contributed by atoms with E-state index in [1.807, 2.05) is 18.4 Å². The molecule has 18 heavy (non-hydrogen) atoms. The molecule has 1 aromatic rings. The van der Waals surface area contributed by atoms with E-state index in [4.69, 9.17) is 5.11 Å². The standard InChI is InChI=1S/C13H17NO3S/c1-8-5-6-18-11(8)12(15)14-7-9-3-2-4-10(9)13(16)17/h5-6,9-10H,2-4,7H2,1H3,(H,14,15)(H,16,17). The first-order chi connectivity index (χ1) is 8.59. The van der Waals surface area contributed by atoms with Crippen LogP contribution in [0.15, 0.2) is 11.4 Å². The molecule has 2 unspecified atom stereocenters. The summed E-state index contributed by atoms with van der Waals surface area (Å²) in [4.78, 5) is 23.7. The van der Waals surface area contributed by atoms with Crippen molar-refractivity contribution in [2.75, 3.05) is 6.54 Å². The molecule has 2 N–H and O–H groups in total. The van der Waals surface area contributed by atoms with Gasteiger partial charge in [0.25, 0.3) is 5.91 Å². The summed E-state index contributed by atoms with van der Waals surface area (Å²) in [5.74, 6) is -1.04. The number of carbonyl (C=O) groups excluding carboxylic acids is 1. The van der Waals surface area contributed by atoms with E-state index < -0.39 is 5.97 Å². The van der Waals surface area contributed by atoms with Gasteiger partial charge < -0.3 is 10.4 Å². The number of aryl methyl sites for hydroxylation is 1. The van der Waals surface area contributed by atoms with Crippen molar-refractivity contribution < 1.29 is 14.7 Å². The third-order valence-electron chi connectivity index (χ3n) is 3.57. The number of thiophene rings is 1. The zero-order chi connectivity index (χ0) is 13.1. The van der Waals surface area contributed by atoms with Crippen LogP contribution in [-0.2, 0) is 4.79 Å². The van der Waals surface area contributed by atoms with Gasteiger partial charge in [-0.3, -0.25) is 9.59 Å². The summed E-state index contributed by atoms with van der Waals surface area (Å²) in [5, 5.41) is 13.8. The molecule has 1 amide bonds. The second-order valence-corrected chi connectivity index (χ2v) is 5.69. The SMILES string of the molecule is Cc1ccsc1C(=O)NCC1CCCC1C(=O)O. The number of nitrogens with one attached hydrogen (secondary N) is 1. The molecular formula is C13H17NO3S. The van der Waals surface area contributed by atoms with Gasteiger partial charge in [-0.2, -0.15) is 0 Å². The fourth-order valence-electron chi connectivity index (χ4n) is 2.52. The number of carboxylic acids is 1. The summed E-state index contributed by atoms with van der Waals surface area (Å²) in [7, 11) is 0. The fraction of sp³-hybridized carbons (Fsp3) is 0.538. The van der Waals surface area contributed by atoms with E-state index in [0.29, 0.717) is 6.54 Å². The number of hydrogen-bond acceptors (Lipinski definition) is 3. The highest BCUT2D eigenvalue weighted by atomic mass is 32.1. The summed E-state index contributed by atoms with van der Waals surface area (Å²) in [6.45, 7) is 2.37. The molecule has 2 rings (SSSR count). The van der Waals surface area contributed by atoms with Crippen molar-refractivity contribution in [3.8, 4) is 0 Å². The average molecular weight is 267 g/mol. The number of aliphatic carboxylic acids is 1. The first kappa shape index (κ1) is 13.1. The molecule has 0 aromatic carbocycles. The van der Waals surface area contributed by atoms with E-state index in [1.54, 1.807) is 0 Å². The molecule has 0 radical (unpaired) electrons. The van der Waals surface area contributed by atoms with E-state index >= 15 is 0 Å². The molecule has 0 saturated heterocycles. The number of rotatable bonds is 4. The number of amides is 1. The van der Waals surface area contributed by atoms with E-state index in [2.05, 4.69) is 5.32 Å². The summed E-state index contributed by atoms with van der Waals surface area (Å²) in [5.41, 5.74) is 0.971. The van der Waals surface area contributed by atoms with Gasteiger partial charge in [-0.1, -0.05) is 6.42 Å². The third-order valence-corrected chi connectivity index (χ3v) is 4.58. The van der Waals surface area contributed by atoms with Crippen LogP contribution in [0.1, 0.15) is 34.5 Å². The maximum Gasteiger partial charge on any atom is 0.306 e. The molecule has 0 bridgehead atoms. The van der Waals surface area contributed by atoms with Gasteiger partial charge in [0.2, 0.25) is 0 Å². The van der Waals surface area contributed by atoms with Crippen molar-refractivity contribution in [1.82, 2.24) is 5.32 Å². The lowest BCUT2D eigenvalue weighted by Crippen LogP contribution is -2.32. The van der Waals surface area contributed by atoms with E-state index in [9.17, 15) is 9.59 Å². The van der Waals surface area contributed by atoms with Crippen LogP contribution < -0.4 is 5.32 Å². The minimum absolute atomic E-state index is 0.0757.